The van der Waals surface area contributed by atoms with Gasteiger partial charge in [-0.15, -0.1) is 23.1 Å². The number of rotatable bonds is 6. The van der Waals surface area contributed by atoms with Gasteiger partial charge in [0, 0.05) is 10.6 Å². The molecule has 2 heterocycles. The van der Waals surface area contributed by atoms with Gasteiger partial charge in [0.2, 0.25) is 5.91 Å². The summed E-state index contributed by atoms with van der Waals surface area (Å²) in [6.07, 6.45) is 0. The molecule has 138 valence electrons. The van der Waals surface area contributed by atoms with Gasteiger partial charge >= 0.3 is 5.97 Å². The molecule has 0 fully saturated rings. The average molecular weight is 399 g/mol. The molecule has 0 aliphatic carbocycles. The van der Waals surface area contributed by atoms with Gasteiger partial charge in [0.05, 0.1) is 29.2 Å². The summed E-state index contributed by atoms with van der Waals surface area (Å²) >= 11 is 2.82. The first-order chi connectivity index (χ1) is 13.2. The number of esters is 1. The Bertz CT molecular complexity index is 886. The highest BCUT2D eigenvalue weighted by Crippen LogP contribution is 2.42. The van der Waals surface area contributed by atoms with E-state index in [2.05, 4.69) is 11.4 Å². The molecule has 2 atom stereocenters. The minimum atomic E-state index is -1.06. The third-order valence-electron chi connectivity index (χ3n) is 4.14. The van der Waals surface area contributed by atoms with Crippen LogP contribution >= 0.6 is 23.1 Å². The lowest BCUT2D eigenvalue weighted by atomic mass is 9.82. The SMILES string of the molecule is CCOC(=O)[C@@H]1C(=O)NC(SCc2ccccc2)=C(C#N)[C@@H]1c1cccs1. The van der Waals surface area contributed by atoms with Crippen molar-refractivity contribution in [3.8, 4) is 6.07 Å². The highest BCUT2D eigenvalue weighted by atomic mass is 32.2. The summed E-state index contributed by atoms with van der Waals surface area (Å²) in [5.74, 6) is -2.10. The number of hydrogen-bond acceptors (Lipinski definition) is 6. The third-order valence-corrected chi connectivity index (χ3v) is 6.19. The molecule has 0 bridgehead atoms. The largest absolute Gasteiger partial charge is 0.465 e. The van der Waals surface area contributed by atoms with Crippen molar-refractivity contribution in [3.05, 3.63) is 68.9 Å². The Kier molecular flexibility index (Phi) is 6.32. The van der Waals surface area contributed by atoms with Crippen LogP contribution in [0, 0.1) is 17.2 Å². The highest BCUT2D eigenvalue weighted by Gasteiger charge is 2.44. The van der Waals surface area contributed by atoms with Gasteiger partial charge in [0.25, 0.3) is 0 Å². The normalized spacial score (nSPS) is 19.3. The first kappa shape index (κ1) is 19.2. The van der Waals surface area contributed by atoms with Crippen LogP contribution in [0.5, 0.6) is 0 Å². The maximum absolute atomic E-state index is 12.7. The lowest BCUT2D eigenvalue weighted by Crippen LogP contribution is -2.44. The Labute approximate surface area is 166 Å². The smallest absolute Gasteiger partial charge is 0.319 e. The molecule has 27 heavy (non-hydrogen) atoms. The van der Waals surface area contributed by atoms with E-state index in [-0.39, 0.29) is 6.61 Å². The fourth-order valence-corrected chi connectivity index (χ4v) is 4.81. The second-order valence-corrected chi connectivity index (χ2v) is 7.81. The van der Waals surface area contributed by atoms with Gasteiger partial charge in [-0.2, -0.15) is 5.26 Å². The van der Waals surface area contributed by atoms with Crippen LogP contribution in [0.4, 0.5) is 0 Å². The maximum Gasteiger partial charge on any atom is 0.319 e. The zero-order valence-corrected chi connectivity index (χ0v) is 16.3. The Morgan fingerprint density at radius 1 is 1.30 bits per heavy atom. The standard InChI is InChI=1S/C20H18N2O3S2/c1-2-25-20(24)17-16(15-9-6-10-26-15)14(11-21)19(22-18(17)23)27-12-13-7-4-3-5-8-13/h3-10,16-17H,2,12H2,1H3,(H,22,23)/t16-,17+/m1/s1. The fraction of sp³-hybridized carbons (Fsp3) is 0.250. The number of amides is 1. The Morgan fingerprint density at radius 3 is 2.70 bits per heavy atom. The summed E-state index contributed by atoms with van der Waals surface area (Å²) in [6.45, 7) is 1.88. The van der Waals surface area contributed by atoms with Crippen molar-refractivity contribution in [2.75, 3.05) is 6.61 Å². The number of nitriles is 1. The van der Waals surface area contributed by atoms with Gasteiger partial charge < -0.3 is 10.1 Å². The van der Waals surface area contributed by atoms with Crippen molar-refractivity contribution in [2.45, 2.75) is 18.6 Å². The average Bonchev–Trinajstić information content (AvgIpc) is 3.21. The van der Waals surface area contributed by atoms with Crippen LogP contribution in [-0.4, -0.2) is 18.5 Å². The highest BCUT2D eigenvalue weighted by molar-refractivity contribution is 8.02. The molecule has 2 aromatic rings. The van der Waals surface area contributed by atoms with Crippen molar-refractivity contribution >= 4 is 35.0 Å². The molecule has 1 aliphatic rings. The third kappa shape index (κ3) is 4.24. The molecule has 7 heteroatoms. The van der Waals surface area contributed by atoms with Crippen LogP contribution in [0.25, 0.3) is 0 Å². The Hall–Kier alpha value is -2.56. The number of thioether (sulfide) groups is 1. The molecular formula is C20H18N2O3S2. The zero-order chi connectivity index (χ0) is 19.2. The quantitative estimate of drug-likeness (QED) is 0.591. The summed E-state index contributed by atoms with van der Waals surface area (Å²) in [4.78, 5) is 26.0. The van der Waals surface area contributed by atoms with Crippen LogP contribution in [-0.2, 0) is 20.1 Å². The molecule has 5 nitrogen and oxygen atoms in total. The molecule has 1 aliphatic heterocycles. The van der Waals surface area contributed by atoms with Crippen molar-refractivity contribution in [2.24, 2.45) is 5.92 Å². The number of carbonyl (C=O) groups is 2. The first-order valence-electron chi connectivity index (χ1n) is 8.47. The van der Waals surface area contributed by atoms with E-state index in [0.717, 1.165) is 10.4 Å². The van der Waals surface area contributed by atoms with Gasteiger partial charge in [-0.1, -0.05) is 36.4 Å². The van der Waals surface area contributed by atoms with Gasteiger partial charge in [0.1, 0.15) is 5.92 Å². The molecule has 0 radical (unpaired) electrons. The number of nitrogens with one attached hydrogen (secondary N) is 1. The van der Waals surface area contributed by atoms with Gasteiger partial charge in [-0.25, -0.2) is 0 Å². The summed E-state index contributed by atoms with van der Waals surface area (Å²) in [7, 11) is 0. The van der Waals surface area contributed by atoms with E-state index in [1.165, 1.54) is 23.1 Å². The van der Waals surface area contributed by atoms with E-state index in [0.29, 0.717) is 16.4 Å². The molecule has 0 unspecified atom stereocenters. The predicted molar refractivity (Wildman–Crippen MR) is 106 cm³/mol. The van der Waals surface area contributed by atoms with Crippen LogP contribution < -0.4 is 5.32 Å². The van der Waals surface area contributed by atoms with E-state index in [9.17, 15) is 14.9 Å². The van der Waals surface area contributed by atoms with Crippen molar-refractivity contribution in [1.82, 2.24) is 5.32 Å². The maximum atomic E-state index is 12.7. The van der Waals surface area contributed by atoms with Crippen LogP contribution in [0.3, 0.4) is 0 Å². The van der Waals surface area contributed by atoms with Gasteiger partial charge in [0.15, 0.2) is 0 Å². The molecule has 0 saturated heterocycles. The Balaban J connectivity index is 1.97. The van der Waals surface area contributed by atoms with Crippen molar-refractivity contribution in [1.29, 1.82) is 5.26 Å². The minimum Gasteiger partial charge on any atom is -0.465 e. The molecular weight excluding hydrogens is 380 g/mol. The number of allylic oxidation sites excluding steroid dienone is 1. The second kappa shape index (κ2) is 8.89. The van der Waals surface area contributed by atoms with E-state index < -0.39 is 23.7 Å². The van der Waals surface area contributed by atoms with Crippen LogP contribution in [0.2, 0.25) is 0 Å². The fourth-order valence-electron chi connectivity index (χ4n) is 2.93. The molecule has 1 N–H and O–H groups in total. The summed E-state index contributed by atoms with van der Waals surface area (Å²) in [5.41, 5.74) is 1.48. The first-order valence-corrected chi connectivity index (χ1v) is 10.3. The molecule has 0 saturated carbocycles. The lowest BCUT2D eigenvalue weighted by molar-refractivity contribution is -0.152. The monoisotopic (exact) mass is 398 g/mol. The molecule has 3 rings (SSSR count). The summed E-state index contributed by atoms with van der Waals surface area (Å²) in [6, 6.07) is 15.7. The number of thiophene rings is 1. The van der Waals surface area contributed by atoms with Crippen LogP contribution in [0.15, 0.2) is 58.4 Å². The van der Waals surface area contributed by atoms with Gasteiger partial charge in [-0.05, 0) is 23.9 Å². The number of carbonyl (C=O) groups excluding carboxylic acids is 2. The molecule has 1 amide bonds. The molecule has 1 aromatic heterocycles. The summed E-state index contributed by atoms with van der Waals surface area (Å²) < 4.78 is 5.10. The number of benzene rings is 1. The van der Waals surface area contributed by atoms with E-state index >= 15 is 0 Å². The lowest BCUT2D eigenvalue weighted by Gasteiger charge is -2.30. The van der Waals surface area contributed by atoms with Crippen LogP contribution in [0.1, 0.15) is 23.3 Å². The number of hydrogen-bond donors (Lipinski definition) is 1. The van der Waals surface area contributed by atoms with E-state index in [4.69, 9.17) is 4.74 Å². The van der Waals surface area contributed by atoms with Gasteiger partial charge in [-0.3, -0.25) is 9.59 Å². The molecule has 0 spiro atoms. The zero-order valence-electron chi connectivity index (χ0n) is 14.7. The van der Waals surface area contributed by atoms with Crippen molar-refractivity contribution in [3.63, 3.8) is 0 Å². The van der Waals surface area contributed by atoms with Crippen molar-refractivity contribution < 1.29 is 14.3 Å². The summed E-state index contributed by atoms with van der Waals surface area (Å²) in [5, 5.41) is 15.0. The minimum absolute atomic E-state index is 0.182. The van der Waals surface area contributed by atoms with E-state index in [1.807, 2.05) is 47.8 Å². The Morgan fingerprint density at radius 2 is 2.07 bits per heavy atom. The molecule has 1 aromatic carbocycles. The predicted octanol–water partition coefficient (Wildman–Crippen LogP) is 3.81. The van der Waals surface area contributed by atoms with E-state index in [1.54, 1.807) is 6.92 Å². The number of ether oxygens (including phenoxy) is 1. The topological polar surface area (TPSA) is 79.2 Å². The number of nitrogens with zero attached hydrogens (tertiary/aromatic N) is 1. The second-order valence-electron chi connectivity index (χ2n) is 5.84.